The van der Waals surface area contributed by atoms with E-state index in [1.54, 1.807) is 7.11 Å². The smallest absolute Gasteiger partial charge is 0.156 e. The Morgan fingerprint density at radius 1 is 1.41 bits per heavy atom. The van der Waals surface area contributed by atoms with E-state index >= 15 is 0 Å². The van der Waals surface area contributed by atoms with Gasteiger partial charge in [0.2, 0.25) is 0 Å². The predicted octanol–water partition coefficient (Wildman–Crippen LogP) is 1.55. The fraction of sp³-hybridized carbons (Fsp3) is 0.167. The van der Waals surface area contributed by atoms with Gasteiger partial charge in [-0.1, -0.05) is 30.3 Å². The molecule has 0 amide bonds. The number of rotatable bonds is 4. The van der Waals surface area contributed by atoms with Crippen LogP contribution in [0.5, 0.6) is 0 Å². The Kier molecular flexibility index (Phi) is 3.20. The van der Waals surface area contributed by atoms with Crippen LogP contribution in [0.4, 0.5) is 5.82 Å². The standard InChI is InChI=1S/C12H13N3O2/c1-17-8-15-12(13)10(7-16)11(14-15)9-5-3-2-4-6-9/h2-7H,8,13H2,1H3. The number of aromatic nitrogens is 2. The normalized spacial score (nSPS) is 10.4. The Balaban J connectivity index is 2.54. The van der Waals surface area contributed by atoms with E-state index in [9.17, 15) is 4.79 Å². The first kappa shape index (κ1) is 11.3. The van der Waals surface area contributed by atoms with Crippen LogP contribution in [-0.2, 0) is 11.5 Å². The molecule has 88 valence electrons. The van der Waals surface area contributed by atoms with Crippen molar-refractivity contribution in [3.63, 3.8) is 0 Å². The summed E-state index contributed by atoms with van der Waals surface area (Å²) in [5.74, 6) is 0.320. The minimum absolute atomic E-state index is 0.222. The zero-order chi connectivity index (χ0) is 12.3. The van der Waals surface area contributed by atoms with Gasteiger partial charge >= 0.3 is 0 Å². The molecule has 1 heterocycles. The molecule has 0 fully saturated rings. The number of anilines is 1. The fourth-order valence-electron chi connectivity index (χ4n) is 1.63. The molecule has 2 aromatic rings. The van der Waals surface area contributed by atoms with Crippen molar-refractivity contribution in [2.24, 2.45) is 0 Å². The van der Waals surface area contributed by atoms with Gasteiger partial charge in [0.25, 0.3) is 0 Å². The second kappa shape index (κ2) is 4.80. The van der Waals surface area contributed by atoms with Crippen molar-refractivity contribution < 1.29 is 9.53 Å². The number of aldehydes is 1. The molecule has 1 aromatic heterocycles. The molecule has 0 aliphatic rings. The molecule has 0 bridgehead atoms. The van der Waals surface area contributed by atoms with E-state index in [0.717, 1.165) is 11.8 Å². The number of nitrogens with two attached hydrogens (primary N) is 1. The average Bonchev–Trinajstić information content (AvgIpc) is 2.68. The Bertz CT molecular complexity index is 520. The number of nitrogen functional groups attached to an aromatic ring is 1. The molecule has 2 rings (SSSR count). The lowest BCUT2D eigenvalue weighted by Crippen LogP contribution is -2.06. The molecule has 0 spiro atoms. The summed E-state index contributed by atoms with van der Waals surface area (Å²) < 4.78 is 6.43. The maximum atomic E-state index is 11.1. The van der Waals surface area contributed by atoms with E-state index in [2.05, 4.69) is 5.10 Å². The van der Waals surface area contributed by atoms with Gasteiger partial charge in [-0.05, 0) is 0 Å². The fourth-order valence-corrected chi connectivity index (χ4v) is 1.63. The van der Waals surface area contributed by atoms with Gasteiger partial charge in [-0.25, -0.2) is 4.68 Å². The molecule has 1 aromatic carbocycles. The molecule has 5 nitrogen and oxygen atoms in total. The minimum Gasteiger partial charge on any atom is -0.383 e. The van der Waals surface area contributed by atoms with Crippen LogP contribution in [0.15, 0.2) is 30.3 Å². The summed E-state index contributed by atoms with van der Waals surface area (Å²) in [6.07, 6.45) is 0.719. The molecule has 0 radical (unpaired) electrons. The predicted molar refractivity (Wildman–Crippen MR) is 64.5 cm³/mol. The van der Waals surface area contributed by atoms with E-state index < -0.39 is 0 Å². The lowest BCUT2D eigenvalue weighted by atomic mass is 10.1. The zero-order valence-electron chi connectivity index (χ0n) is 9.46. The van der Waals surface area contributed by atoms with Crippen molar-refractivity contribution in [3.8, 4) is 11.3 Å². The van der Waals surface area contributed by atoms with Gasteiger partial charge in [0, 0.05) is 12.7 Å². The molecule has 0 unspecified atom stereocenters. The van der Waals surface area contributed by atoms with Crippen LogP contribution >= 0.6 is 0 Å². The van der Waals surface area contributed by atoms with Crippen LogP contribution < -0.4 is 5.73 Å². The van der Waals surface area contributed by atoms with Gasteiger partial charge in [0.1, 0.15) is 18.2 Å². The Morgan fingerprint density at radius 2 is 2.12 bits per heavy atom. The third kappa shape index (κ3) is 2.05. The van der Waals surface area contributed by atoms with Crippen LogP contribution in [0.1, 0.15) is 10.4 Å². The highest BCUT2D eigenvalue weighted by atomic mass is 16.5. The highest BCUT2D eigenvalue weighted by Gasteiger charge is 2.15. The Morgan fingerprint density at radius 3 is 2.71 bits per heavy atom. The summed E-state index contributed by atoms with van der Waals surface area (Å²) in [4.78, 5) is 11.1. The SMILES string of the molecule is COCn1nc(-c2ccccc2)c(C=O)c1N. The van der Waals surface area contributed by atoms with Gasteiger partial charge in [0.05, 0.1) is 5.56 Å². The van der Waals surface area contributed by atoms with Crippen LogP contribution in [0.2, 0.25) is 0 Å². The number of hydrogen-bond donors (Lipinski definition) is 1. The molecule has 0 saturated heterocycles. The quantitative estimate of drug-likeness (QED) is 0.810. The number of nitrogens with zero attached hydrogens (tertiary/aromatic N) is 2. The molecule has 0 saturated carbocycles. The molecular weight excluding hydrogens is 218 g/mol. The Hall–Kier alpha value is -2.14. The van der Waals surface area contributed by atoms with Crippen molar-refractivity contribution in [1.29, 1.82) is 0 Å². The topological polar surface area (TPSA) is 70.1 Å². The van der Waals surface area contributed by atoms with Gasteiger partial charge in [-0.15, -0.1) is 0 Å². The van der Waals surface area contributed by atoms with E-state index in [1.807, 2.05) is 30.3 Å². The molecule has 5 heteroatoms. The summed E-state index contributed by atoms with van der Waals surface area (Å²) in [6, 6.07) is 9.43. The lowest BCUT2D eigenvalue weighted by molar-refractivity contribution is 0.112. The molecular formula is C12H13N3O2. The number of hydrogen-bond acceptors (Lipinski definition) is 4. The van der Waals surface area contributed by atoms with Gasteiger partial charge in [-0.3, -0.25) is 4.79 Å². The highest BCUT2D eigenvalue weighted by molar-refractivity contribution is 5.91. The third-order valence-corrected chi connectivity index (χ3v) is 2.45. The van der Waals surface area contributed by atoms with E-state index in [0.29, 0.717) is 17.1 Å². The molecule has 0 aliphatic heterocycles. The number of carbonyl (C=O) groups excluding carboxylic acids is 1. The van der Waals surface area contributed by atoms with Crippen LogP contribution in [0.25, 0.3) is 11.3 Å². The molecule has 0 aliphatic carbocycles. The number of carbonyl (C=O) groups is 1. The van der Waals surface area contributed by atoms with Crippen molar-refractivity contribution in [2.75, 3.05) is 12.8 Å². The number of benzene rings is 1. The molecule has 0 atom stereocenters. The van der Waals surface area contributed by atoms with Crippen LogP contribution in [0.3, 0.4) is 0 Å². The first-order chi connectivity index (χ1) is 8.27. The second-order valence-electron chi connectivity index (χ2n) is 3.55. The van der Waals surface area contributed by atoms with E-state index in [1.165, 1.54) is 4.68 Å². The largest absolute Gasteiger partial charge is 0.383 e. The summed E-state index contributed by atoms with van der Waals surface area (Å²) >= 11 is 0. The van der Waals surface area contributed by atoms with Gasteiger partial charge in [0.15, 0.2) is 6.29 Å². The molecule has 17 heavy (non-hydrogen) atoms. The van der Waals surface area contributed by atoms with Crippen molar-refractivity contribution in [1.82, 2.24) is 9.78 Å². The summed E-state index contributed by atoms with van der Waals surface area (Å²) in [7, 11) is 1.55. The van der Waals surface area contributed by atoms with Gasteiger partial charge in [-0.2, -0.15) is 5.10 Å². The Labute approximate surface area is 98.8 Å². The van der Waals surface area contributed by atoms with Crippen molar-refractivity contribution in [3.05, 3.63) is 35.9 Å². The van der Waals surface area contributed by atoms with E-state index in [-0.39, 0.29) is 6.73 Å². The third-order valence-electron chi connectivity index (χ3n) is 2.45. The summed E-state index contributed by atoms with van der Waals surface area (Å²) in [5.41, 5.74) is 7.66. The maximum absolute atomic E-state index is 11.1. The zero-order valence-corrected chi connectivity index (χ0v) is 9.46. The monoisotopic (exact) mass is 231 g/mol. The second-order valence-corrected chi connectivity index (χ2v) is 3.55. The molecule has 2 N–H and O–H groups in total. The van der Waals surface area contributed by atoms with Crippen molar-refractivity contribution in [2.45, 2.75) is 6.73 Å². The summed E-state index contributed by atoms with van der Waals surface area (Å²) in [6.45, 7) is 0.222. The number of methoxy groups -OCH3 is 1. The minimum atomic E-state index is 0.222. The first-order valence-electron chi connectivity index (χ1n) is 5.13. The number of ether oxygens (including phenoxy) is 1. The maximum Gasteiger partial charge on any atom is 0.156 e. The van der Waals surface area contributed by atoms with Crippen LogP contribution in [-0.4, -0.2) is 23.2 Å². The first-order valence-corrected chi connectivity index (χ1v) is 5.13. The van der Waals surface area contributed by atoms with Crippen molar-refractivity contribution >= 4 is 12.1 Å². The lowest BCUT2D eigenvalue weighted by Gasteiger charge is -2.00. The summed E-state index contributed by atoms with van der Waals surface area (Å²) in [5, 5.41) is 4.28. The highest BCUT2D eigenvalue weighted by Crippen LogP contribution is 2.25. The average molecular weight is 231 g/mol. The van der Waals surface area contributed by atoms with E-state index in [4.69, 9.17) is 10.5 Å². The van der Waals surface area contributed by atoms with Gasteiger partial charge < -0.3 is 10.5 Å². The van der Waals surface area contributed by atoms with Crippen LogP contribution in [0, 0.1) is 0 Å².